The monoisotopic (exact) mass is 472 g/mol. The minimum absolute atomic E-state index is 0.109. The second-order valence-electron chi connectivity index (χ2n) is 8.26. The van der Waals surface area contributed by atoms with Crippen LogP contribution >= 0.6 is 11.6 Å². The molecule has 0 unspecified atom stereocenters. The molecule has 3 rings (SSSR count). The summed E-state index contributed by atoms with van der Waals surface area (Å²) >= 11 is 6.12. The van der Waals surface area contributed by atoms with Crippen LogP contribution < -0.4 is 10.1 Å². The van der Waals surface area contributed by atoms with Crippen LogP contribution in [0.2, 0.25) is 5.02 Å². The van der Waals surface area contributed by atoms with Crippen LogP contribution in [0, 0.1) is 10.1 Å². The molecule has 0 aromatic heterocycles. The van der Waals surface area contributed by atoms with Crippen LogP contribution in [0.5, 0.6) is 5.75 Å². The van der Waals surface area contributed by atoms with E-state index in [4.69, 9.17) is 21.4 Å². The van der Waals surface area contributed by atoms with Crippen molar-refractivity contribution < 1.29 is 19.6 Å². The van der Waals surface area contributed by atoms with Crippen LogP contribution in [0.1, 0.15) is 45.6 Å². The smallest absolute Gasteiger partial charge is 0.303 e. The summed E-state index contributed by atoms with van der Waals surface area (Å²) in [6.45, 7) is 6.14. The van der Waals surface area contributed by atoms with Crippen LogP contribution in [0.3, 0.4) is 0 Å². The van der Waals surface area contributed by atoms with Crippen molar-refractivity contribution in [2.24, 2.45) is 10.2 Å². The van der Waals surface area contributed by atoms with Gasteiger partial charge in [-0.1, -0.05) is 11.6 Å². The van der Waals surface area contributed by atoms with Crippen LogP contribution in [-0.4, -0.2) is 28.6 Å². The van der Waals surface area contributed by atoms with E-state index in [1.807, 2.05) is 19.1 Å². The van der Waals surface area contributed by atoms with E-state index in [1.54, 1.807) is 0 Å². The number of methoxy groups -OCH3 is 1. The van der Waals surface area contributed by atoms with Gasteiger partial charge in [0.1, 0.15) is 17.1 Å². The topological polar surface area (TPSA) is 126 Å². The van der Waals surface area contributed by atoms with E-state index in [-0.39, 0.29) is 22.7 Å². The zero-order valence-corrected chi connectivity index (χ0v) is 19.6. The van der Waals surface area contributed by atoms with Gasteiger partial charge in [0.05, 0.1) is 22.6 Å². The van der Waals surface area contributed by atoms with Crippen LogP contribution in [0.4, 0.5) is 22.7 Å². The lowest BCUT2D eigenvalue weighted by atomic mass is 9.80. The van der Waals surface area contributed by atoms with Gasteiger partial charge >= 0.3 is 5.97 Å². The molecule has 0 amide bonds. The average Bonchev–Trinajstić information content (AvgIpc) is 2.74. The van der Waals surface area contributed by atoms with Gasteiger partial charge in [-0.15, -0.1) is 10.2 Å². The number of nitrogens with zero attached hydrogens (tertiary/aromatic N) is 3. The highest BCUT2D eigenvalue weighted by Gasteiger charge is 2.31. The number of fused-ring (bicyclic) bond motifs is 1. The third kappa shape index (κ3) is 5.31. The molecule has 2 aromatic rings. The first-order valence-corrected chi connectivity index (χ1v) is 10.7. The molecular weight excluding hydrogens is 448 g/mol. The summed E-state index contributed by atoms with van der Waals surface area (Å²) in [5.74, 6) is -0.312. The molecule has 0 fully saturated rings. The number of nitro groups is 1. The lowest BCUT2D eigenvalue weighted by Crippen LogP contribution is -2.37. The number of carboxylic acid groups (broad SMARTS) is 1. The summed E-state index contributed by atoms with van der Waals surface area (Å²) in [6.07, 6.45) is 1.31. The Morgan fingerprint density at radius 2 is 1.94 bits per heavy atom. The van der Waals surface area contributed by atoms with Crippen molar-refractivity contribution in [3.05, 3.63) is 56.6 Å². The van der Waals surface area contributed by atoms with Crippen molar-refractivity contribution in [1.82, 2.24) is 0 Å². The third-order valence-electron chi connectivity index (χ3n) is 5.60. The Labute approximate surface area is 196 Å². The van der Waals surface area contributed by atoms with Gasteiger partial charge in [-0.25, -0.2) is 0 Å². The number of allylic oxidation sites excluding steroid dienone is 1. The van der Waals surface area contributed by atoms with E-state index < -0.39 is 10.9 Å². The maximum atomic E-state index is 11.0. The normalized spacial score (nSPS) is 14.7. The number of benzene rings is 2. The van der Waals surface area contributed by atoms with Gasteiger partial charge in [0.2, 0.25) is 0 Å². The molecular formula is C23H25ClN4O5. The van der Waals surface area contributed by atoms with Gasteiger partial charge in [-0.05, 0) is 56.9 Å². The first-order valence-electron chi connectivity index (χ1n) is 10.3. The Kier molecular flexibility index (Phi) is 7.02. The first-order chi connectivity index (χ1) is 15.5. The molecule has 33 heavy (non-hydrogen) atoms. The molecule has 1 aliphatic rings. The van der Waals surface area contributed by atoms with E-state index in [1.165, 1.54) is 25.3 Å². The highest BCUT2D eigenvalue weighted by Crippen LogP contribution is 2.45. The maximum Gasteiger partial charge on any atom is 0.303 e. The second kappa shape index (κ2) is 9.58. The van der Waals surface area contributed by atoms with Crippen molar-refractivity contribution in [2.75, 3.05) is 12.4 Å². The maximum absolute atomic E-state index is 11.0. The summed E-state index contributed by atoms with van der Waals surface area (Å²) in [5, 5.41) is 32.0. The number of nitro benzene ring substituents is 1. The predicted octanol–water partition coefficient (Wildman–Crippen LogP) is 6.90. The molecule has 0 saturated carbocycles. The summed E-state index contributed by atoms with van der Waals surface area (Å²) in [7, 11) is 1.54. The summed E-state index contributed by atoms with van der Waals surface area (Å²) in [6, 6.07) is 7.67. The summed E-state index contributed by atoms with van der Waals surface area (Å²) in [5.41, 5.74) is 4.26. The molecule has 0 radical (unpaired) electrons. The van der Waals surface area contributed by atoms with Crippen molar-refractivity contribution in [1.29, 1.82) is 0 Å². The SMILES string of the molecule is COc1cc2c(cc1/N=N/c1ccc([N+](=O)[O-])cc1Cl)C(C)=C(CCCC(=O)O)C(C)(C)N2. The van der Waals surface area contributed by atoms with E-state index in [9.17, 15) is 14.9 Å². The first kappa shape index (κ1) is 24.2. The van der Waals surface area contributed by atoms with Crippen molar-refractivity contribution >= 4 is 45.9 Å². The molecule has 2 N–H and O–H groups in total. The van der Waals surface area contributed by atoms with Gasteiger partial charge in [-0.2, -0.15) is 0 Å². The van der Waals surface area contributed by atoms with Gasteiger partial charge in [0.15, 0.2) is 0 Å². The van der Waals surface area contributed by atoms with Crippen molar-refractivity contribution in [3.63, 3.8) is 0 Å². The number of halogens is 1. The van der Waals surface area contributed by atoms with Crippen LogP contribution in [0.15, 0.2) is 46.1 Å². The van der Waals surface area contributed by atoms with Crippen molar-refractivity contribution in [2.45, 2.75) is 45.6 Å². The molecule has 0 spiro atoms. The van der Waals surface area contributed by atoms with Gasteiger partial charge in [-0.3, -0.25) is 14.9 Å². The number of carbonyl (C=O) groups is 1. The predicted molar refractivity (Wildman–Crippen MR) is 127 cm³/mol. The Balaban J connectivity index is 2.00. The Bertz CT molecular complexity index is 1170. The number of ether oxygens (including phenoxy) is 1. The summed E-state index contributed by atoms with van der Waals surface area (Å²) < 4.78 is 5.50. The van der Waals surface area contributed by atoms with E-state index in [0.29, 0.717) is 30.0 Å². The molecule has 1 heterocycles. The third-order valence-corrected chi connectivity index (χ3v) is 5.91. The zero-order chi connectivity index (χ0) is 24.3. The fourth-order valence-corrected chi connectivity index (χ4v) is 4.19. The van der Waals surface area contributed by atoms with E-state index in [0.717, 1.165) is 22.4 Å². The fraction of sp³-hybridized carbons (Fsp3) is 0.348. The van der Waals surface area contributed by atoms with E-state index >= 15 is 0 Å². The number of azo groups is 1. The standard InChI is InChI=1S/C23H25ClN4O5/c1-13-15-11-20(27-26-18-9-8-14(28(31)32)10-17(18)24)21(33-4)12-19(15)25-23(2,3)16(13)6-5-7-22(29)30/h8-12,25H,5-7H2,1-4H3,(H,29,30)/b27-26+. The molecule has 0 saturated heterocycles. The molecule has 0 bridgehead atoms. The van der Waals surface area contributed by atoms with Crippen LogP contribution in [-0.2, 0) is 4.79 Å². The Morgan fingerprint density at radius 1 is 1.24 bits per heavy atom. The minimum atomic E-state index is -0.812. The lowest BCUT2D eigenvalue weighted by molar-refractivity contribution is -0.384. The number of anilines is 1. The number of nitrogens with one attached hydrogen (secondary N) is 1. The molecule has 174 valence electrons. The Hall–Kier alpha value is -3.46. The highest BCUT2D eigenvalue weighted by atomic mass is 35.5. The average molecular weight is 473 g/mol. The number of hydrogen-bond acceptors (Lipinski definition) is 7. The highest BCUT2D eigenvalue weighted by molar-refractivity contribution is 6.33. The molecule has 1 aliphatic heterocycles. The molecule has 9 nitrogen and oxygen atoms in total. The number of non-ortho nitro benzene ring substituents is 1. The minimum Gasteiger partial charge on any atom is -0.494 e. The molecule has 0 aliphatic carbocycles. The second-order valence-corrected chi connectivity index (χ2v) is 8.67. The van der Waals surface area contributed by atoms with Gasteiger partial charge in [0, 0.05) is 35.9 Å². The molecule has 10 heteroatoms. The van der Waals surface area contributed by atoms with Crippen LogP contribution in [0.25, 0.3) is 5.57 Å². The van der Waals surface area contributed by atoms with E-state index in [2.05, 4.69) is 29.4 Å². The molecule has 0 atom stereocenters. The Morgan fingerprint density at radius 3 is 2.55 bits per heavy atom. The number of rotatable bonds is 8. The number of hydrogen-bond donors (Lipinski definition) is 2. The van der Waals surface area contributed by atoms with Crippen molar-refractivity contribution in [3.8, 4) is 5.75 Å². The fourth-order valence-electron chi connectivity index (χ4n) is 3.98. The summed E-state index contributed by atoms with van der Waals surface area (Å²) in [4.78, 5) is 21.3. The number of carboxylic acids is 1. The van der Waals surface area contributed by atoms with Gasteiger partial charge in [0.25, 0.3) is 5.69 Å². The quantitative estimate of drug-likeness (QED) is 0.244. The number of aliphatic carboxylic acids is 1. The zero-order valence-electron chi connectivity index (χ0n) is 18.8. The largest absolute Gasteiger partial charge is 0.494 e. The van der Waals surface area contributed by atoms with Gasteiger partial charge < -0.3 is 15.2 Å². The molecule has 2 aromatic carbocycles. The lowest BCUT2D eigenvalue weighted by Gasteiger charge is -2.38.